The van der Waals surface area contributed by atoms with Gasteiger partial charge in [0.2, 0.25) is 0 Å². The van der Waals surface area contributed by atoms with E-state index in [9.17, 15) is 0 Å². The summed E-state index contributed by atoms with van der Waals surface area (Å²) in [5.41, 5.74) is 0. The van der Waals surface area contributed by atoms with Crippen LogP contribution in [0.2, 0.25) is 5.15 Å². The summed E-state index contributed by atoms with van der Waals surface area (Å²) in [7, 11) is 6.53. The van der Waals surface area contributed by atoms with Gasteiger partial charge in [-0.15, -0.1) is 0 Å². The van der Waals surface area contributed by atoms with Crippen molar-refractivity contribution in [1.82, 2.24) is 4.98 Å². The molecule has 0 spiro atoms. The van der Waals surface area contributed by atoms with Gasteiger partial charge in [-0.1, -0.05) is 11.6 Å². The van der Waals surface area contributed by atoms with Gasteiger partial charge in [0.05, 0.1) is 4.90 Å². The van der Waals surface area contributed by atoms with Gasteiger partial charge in [0, 0.05) is 10.7 Å². The molecule has 1 heterocycles. The van der Waals surface area contributed by atoms with E-state index in [0.717, 1.165) is 20.3 Å². The first-order chi connectivity index (χ1) is 4.74. The first kappa shape index (κ1) is 8.65. The molecule has 1 nitrogen and oxygen atoms in total. The molecular weight excluding hydrogens is 257 g/mol. The van der Waals surface area contributed by atoms with Gasteiger partial charge in [-0.3, -0.25) is 0 Å². The van der Waals surface area contributed by atoms with Crippen LogP contribution in [0.1, 0.15) is 0 Å². The maximum Gasteiger partial charge on any atom is 0.143 e. The molecule has 1 aromatic heterocycles. The molecule has 10 heavy (non-hydrogen) atoms. The van der Waals surface area contributed by atoms with Crippen LogP contribution in [0.3, 0.4) is 0 Å². The van der Waals surface area contributed by atoms with E-state index in [4.69, 9.17) is 22.3 Å². The summed E-state index contributed by atoms with van der Waals surface area (Å²) in [5.74, 6) is 0. The first-order valence-corrected chi connectivity index (χ1v) is 5.15. The zero-order valence-electron chi connectivity index (χ0n) is 4.64. The van der Waals surface area contributed by atoms with E-state index in [2.05, 4.69) is 20.9 Å². The molecule has 0 atom stereocenters. The van der Waals surface area contributed by atoms with E-state index < -0.39 is 0 Å². The highest BCUT2D eigenvalue weighted by Gasteiger charge is 2.00. The van der Waals surface area contributed by atoms with Crippen molar-refractivity contribution >= 4 is 49.2 Å². The number of hydrogen-bond acceptors (Lipinski definition) is 2. The Kier molecular flexibility index (Phi) is 3.30. The Bertz CT molecular complexity index is 243. The molecule has 0 saturated heterocycles. The summed E-state index contributed by atoms with van der Waals surface area (Å²) in [5, 5.41) is 0.434. The molecule has 1 aromatic rings. The Morgan fingerprint density at radius 3 is 2.80 bits per heavy atom. The summed E-state index contributed by atoms with van der Waals surface area (Å²) in [6.07, 6.45) is 1.62. The third kappa shape index (κ3) is 2.02. The second-order valence-corrected chi connectivity index (χ2v) is 3.85. The van der Waals surface area contributed by atoms with Crippen molar-refractivity contribution < 1.29 is 0 Å². The molecule has 0 aliphatic carbocycles. The van der Waals surface area contributed by atoms with Crippen molar-refractivity contribution in [2.75, 3.05) is 0 Å². The lowest BCUT2D eigenvalue weighted by Crippen LogP contribution is -1.76. The van der Waals surface area contributed by atoms with Crippen LogP contribution in [0.15, 0.2) is 21.6 Å². The number of halogens is 3. The molecule has 0 aliphatic rings. The molecule has 1 rings (SSSR count). The van der Waals surface area contributed by atoms with Crippen molar-refractivity contribution in [2.24, 2.45) is 0 Å². The molecule has 5 heteroatoms. The fraction of sp³-hybridized carbons (Fsp3) is 0. The van der Waals surface area contributed by atoms with Crippen molar-refractivity contribution in [3.8, 4) is 0 Å². The number of nitrogens with zero attached hydrogens (tertiary/aromatic N) is 1. The van der Waals surface area contributed by atoms with Gasteiger partial charge in [-0.25, -0.2) is 4.98 Å². The van der Waals surface area contributed by atoms with Gasteiger partial charge in [0.25, 0.3) is 0 Å². The lowest BCUT2D eigenvalue weighted by molar-refractivity contribution is 1.22. The molecule has 0 aliphatic heterocycles. The second-order valence-electron chi connectivity index (χ2n) is 1.52. The average Bonchev–Trinajstić information content (AvgIpc) is 1.94. The summed E-state index contributed by atoms with van der Waals surface area (Å²) < 4.78 is 0.875. The Hall–Kier alpha value is 0.560. The zero-order valence-corrected chi connectivity index (χ0v) is 8.56. The SMILES string of the molecule is ClSc1cc(Br)cnc1Cl. The number of hydrogen-bond donors (Lipinski definition) is 0. The third-order valence-electron chi connectivity index (χ3n) is 0.857. The molecule has 0 radical (unpaired) electrons. The quantitative estimate of drug-likeness (QED) is 0.712. The molecular formula is C5H2BrCl2NS. The van der Waals surface area contributed by atoms with Crippen LogP contribution < -0.4 is 0 Å². The van der Waals surface area contributed by atoms with Crippen LogP contribution in [0.4, 0.5) is 0 Å². The number of rotatable bonds is 1. The smallest absolute Gasteiger partial charge is 0.143 e. The van der Waals surface area contributed by atoms with E-state index in [-0.39, 0.29) is 0 Å². The van der Waals surface area contributed by atoms with E-state index >= 15 is 0 Å². The molecule has 0 amide bonds. The van der Waals surface area contributed by atoms with Crippen LogP contribution in [0, 0.1) is 0 Å². The molecule has 54 valence electrons. The number of aromatic nitrogens is 1. The van der Waals surface area contributed by atoms with Crippen LogP contribution >= 0.6 is 49.2 Å². The molecule has 0 unspecified atom stereocenters. The molecule has 0 N–H and O–H groups in total. The summed E-state index contributed by atoms with van der Waals surface area (Å²) in [6.45, 7) is 0. The van der Waals surface area contributed by atoms with Crippen molar-refractivity contribution in [2.45, 2.75) is 4.90 Å². The largest absolute Gasteiger partial charge is 0.242 e. The highest BCUT2D eigenvalue weighted by molar-refractivity contribution is 9.10. The molecule has 0 bridgehead atoms. The van der Waals surface area contributed by atoms with Crippen LogP contribution in [-0.2, 0) is 0 Å². The molecule has 0 saturated carbocycles. The predicted octanol–water partition coefficient (Wildman–Crippen LogP) is 3.74. The second kappa shape index (κ2) is 3.81. The lowest BCUT2D eigenvalue weighted by Gasteiger charge is -1.96. The van der Waals surface area contributed by atoms with E-state index in [0.29, 0.717) is 5.15 Å². The van der Waals surface area contributed by atoms with E-state index in [1.807, 2.05) is 6.07 Å². The van der Waals surface area contributed by atoms with Crippen LogP contribution in [0.5, 0.6) is 0 Å². The highest BCUT2D eigenvalue weighted by atomic mass is 79.9. The van der Waals surface area contributed by atoms with Gasteiger partial charge < -0.3 is 0 Å². The Morgan fingerprint density at radius 2 is 2.30 bits per heavy atom. The molecule has 0 aromatic carbocycles. The van der Waals surface area contributed by atoms with Gasteiger partial charge in [-0.05, 0) is 43.7 Å². The first-order valence-electron chi connectivity index (χ1n) is 2.33. The van der Waals surface area contributed by atoms with Crippen LogP contribution in [0.25, 0.3) is 0 Å². The fourth-order valence-corrected chi connectivity index (χ4v) is 1.92. The highest BCUT2D eigenvalue weighted by Crippen LogP contribution is 2.30. The average molecular weight is 259 g/mol. The van der Waals surface area contributed by atoms with Crippen LogP contribution in [-0.4, -0.2) is 4.98 Å². The normalized spacial score (nSPS) is 9.90. The number of pyridine rings is 1. The minimum atomic E-state index is 0.434. The molecule has 0 fully saturated rings. The Labute approximate surface area is 80.8 Å². The zero-order chi connectivity index (χ0) is 7.56. The van der Waals surface area contributed by atoms with Gasteiger partial charge in [0.1, 0.15) is 5.15 Å². The lowest BCUT2D eigenvalue weighted by atomic mass is 10.5. The van der Waals surface area contributed by atoms with E-state index in [1.165, 1.54) is 0 Å². The van der Waals surface area contributed by atoms with Crippen molar-refractivity contribution in [3.63, 3.8) is 0 Å². The summed E-state index contributed by atoms with van der Waals surface area (Å²) in [4.78, 5) is 4.62. The minimum Gasteiger partial charge on any atom is -0.242 e. The summed E-state index contributed by atoms with van der Waals surface area (Å²) >= 11 is 8.90. The third-order valence-corrected chi connectivity index (χ3v) is 2.68. The van der Waals surface area contributed by atoms with Crippen molar-refractivity contribution in [1.29, 1.82) is 0 Å². The monoisotopic (exact) mass is 257 g/mol. The maximum atomic E-state index is 5.66. The summed E-state index contributed by atoms with van der Waals surface area (Å²) in [6, 6.07) is 1.81. The van der Waals surface area contributed by atoms with Gasteiger partial charge in [-0.2, -0.15) is 0 Å². The Morgan fingerprint density at radius 1 is 1.60 bits per heavy atom. The standard InChI is InChI=1S/C5H2BrCl2NS/c6-3-1-4(10-8)5(7)9-2-3/h1-2H. The van der Waals surface area contributed by atoms with Gasteiger partial charge in [0.15, 0.2) is 0 Å². The predicted molar refractivity (Wildman–Crippen MR) is 48.7 cm³/mol. The fourth-order valence-electron chi connectivity index (χ4n) is 0.458. The van der Waals surface area contributed by atoms with Gasteiger partial charge >= 0.3 is 0 Å². The Balaban J connectivity index is 3.09. The van der Waals surface area contributed by atoms with E-state index in [1.54, 1.807) is 6.20 Å². The topological polar surface area (TPSA) is 12.9 Å². The minimum absolute atomic E-state index is 0.434. The maximum absolute atomic E-state index is 5.66. The van der Waals surface area contributed by atoms with Crippen molar-refractivity contribution in [3.05, 3.63) is 21.9 Å².